The Morgan fingerprint density at radius 1 is 1.06 bits per heavy atom. The van der Waals surface area contributed by atoms with Gasteiger partial charge in [0.1, 0.15) is 17.3 Å². The Labute approximate surface area is 215 Å². The summed E-state index contributed by atoms with van der Waals surface area (Å²) >= 11 is 6.36. The number of carbonyl (C=O) groups excluding carboxylic acids is 2. The van der Waals surface area contributed by atoms with Crippen LogP contribution in [-0.2, 0) is 9.59 Å². The number of rotatable bonds is 7. The molecule has 6 nitrogen and oxygen atoms in total. The largest absolute Gasteiger partial charge is 0.507 e. The van der Waals surface area contributed by atoms with Crippen molar-refractivity contribution in [2.45, 2.75) is 26.8 Å². The molecule has 1 amide bonds. The predicted octanol–water partition coefficient (Wildman–Crippen LogP) is 6.32. The van der Waals surface area contributed by atoms with Gasteiger partial charge in [0.05, 0.1) is 30.4 Å². The Bertz CT molecular complexity index is 1350. The van der Waals surface area contributed by atoms with E-state index in [0.717, 1.165) is 11.1 Å². The van der Waals surface area contributed by atoms with Crippen LogP contribution >= 0.6 is 11.6 Å². The molecule has 0 saturated carbocycles. The number of halogens is 1. The van der Waals surface area contributed by atoms with E-state index in [2.05, 4.69) is 0 Å². The van der Waals surface area contributed by atoms with Crippen LogP contribution in [0.15, 0.2) is 72.3 Å². The number of carbonyl (C=O) groups is 2. The topological polar surface area (TPSA) is 76.1 Å². The number of methoxy groups -OCH3 is 1. The Morgan fingerprint density at radius 3 is 2.47 bits per heavy atom. The van der Waals surface area contributed by atoms with Gasteiger partial charge in [0.2, 0.25) is 0 Å². The molecule has 1 saturated heterocycles. The molecule has 1 N–H and O–H groups in total. The molecule has 1 aliphatic rings. The second-order valence-electron chi connectivity index (χ2n) is 9.08. The van der Waals surface area contributed by atoms with Gasteiger partial charge in [0.15, 0.2) is 0 Å². The van der Waals surface area contributed by atoms with Crippen molar-refractivity contribution in [2.24, 2.45) is 5.92 Å². The highest BCUT2D eigenvalue weighted by Crippen LogP contribution is 2.44. The van der Waals surface area contributed by atoms with Gasteiger partial charge in [-0.1, -0.05) is 61.8 Å². The quantitative estimate of drug-likeness (QED) is 0.231. The minimum Gasteiger partial charge on any atom is -0.507 e. The second kappa shape index (κ2) is 10.5. The first kappa shape index (κ1) is 25.3. The van der Waals surface area contributed by atoms with E-state index in [-0.39, 0.29) is 11.3 Å². The monoisotopic (exact) mass is 505 g/mol. The summed E-state index contributed by atoms with van der Waals surface area (Å²) < 4.78 is 11.0. The zero-order valence-corrected chi connectivity index (χ0v) is 21.4. The number of hydrogen-bond acceptors (Lipinski definition) is 5. The molecular formula is C29H28ClNO5. The third-order valence-electron chi connectivity index (χ3n) is 6.03. The first-order chi connectivity index (χ1) is 17.2. The zero-order valence-electron chi connectivity index (χ0n) is 20.6. The summed E-state index contributed by atoms with van der Waals surface area (Å²) in [5, 5.41) is 11.7. The number of anilines is 1. The van der Waals surface area contributed by atoms with Crippen molar-refractivity contribution in [3.05, 3.63) is 94.0 Å². The smallest absolute Gasteiger partial charge is 0.300 e. The number of nitrogens with zero attached hydrogens (tertiary/aromatic N) is 1. The van der Waals surface area contributed by atoms with E-state index < -0.39 is 17.7 Å². The Morgan fingerprint density at radius 2 is 1.81 bits per heavy atom. The van der Waals surface area contributed by atoms with E-state index in [9.17, 15) is 14.7 Å². The maximum absolute atomic E-state index is 13.4. The van der Waals surface area contributed by atoms with Crippen LogP contribution in [0.2, 0.25) is 5.02 Å². The van der Waals surface area contributed by atoms with E-state index >= 15 is 0 Å². The molecule has 0 radical (unpaired) electrons. The number of ether oxygens (including phenoxy) is 2. The maximum Gasteiger partial charge on any atom is 0.300 e. The first-order valence-electron chi connectivity index (χ1n) is 11.7. The summed E-state index contributed by atoms with van der Waals surface area (Å²) in [5.74, 6) is -0.456. The lowest BCUT2D eigenvalue weighted by atomic mass is 9.92. The molecular weight excluding hydrogens is 478 g/mol. The summed E-state index contributed by atoms with van der Waals surface area (Å²) in [6.45, 7) is 6.49. The Kier molecular flexibility index (Phi) is 7.36. The standard InChI is InChI=1S/C29H28ClNO5/c1-17(2)16-36-21-10-7-9-19(14-21)27(32)25-26(22-11-6-5-8-18(22)3)31(29(34)28(25)33)20-12-13-24(35-4)23(30)15-20/h5-15,17,26,32H,16H2,1-4H3/b27-25+. The molecule has 0 bridgehead atoms. The van der Waals surface area contributed by atoms with Gasteiger partial charge in [-0.2, -0.15) is 0 Å². The molecule has 1 aliphatic heterocycles. The number of benzene rings is 3. The molecule has 1 fully saturated rings. The molecule has 0 aromatic heterocycles. The lowest BCUT2D eigenvalue weighted by Crippen LogP contribution is -2.29. The minimum atomic E-state index is -0.851. The molecule has 7 heteroatoms. The Hall–Kier alpha value is -3.77. The number of aryl methyl sites for hydroxylation is 1. The average molecular weight is 506 g/mol. The normalized spacial score (nSPS) is 17.1. The van der Waals surface area contributed by atoms with Crippen molar-refractivity contribution in [2.75, 3.05) is 18.6 Å². The summed E-state index contributed by atoms with van der Waals surface area (Å²) in [7, 11) is 1.50. The van der Waals surface area contributed by atoms with Gasteiger partial charge in [0, 0.05) is 11.3 Å². The van der Waals surface area contributed by atoms with Crippen LogP contribution in [0.3, 0.4) is 0 Å². The molecule has 3 aromatic rings. The van der Waals surface area contributed by atoms with Crippen LogP contribution in [0.5, 0.6) is 11.5 Å². The van der Waals surface area contributed by atoms with E-state index in [1.165, 1.54) is 12.0 Å². The van der Waals surface area contributed by atoms with Gasteiger partial charge in [-0.15, -0.1) is 0 Å². The van der Waals surface area contributed by atoms with Gasteiger partial charge >= 0.3 is 0 Å². The summed E-state index contributed by atoms with van der Waals surface area (Å²) in [6, 6.07) is 18.4. The van der Waals surface area contributed by atoms with E-state index in [4.69, 9.17) is 21.1 Å². The van der Waals surface area contributed by atoms with Crippen molar-refractivity contribution in [1.29, 1.82) is 0 Å². The van der Waals surface area contributed by atoms with Gasteiger partial charge in [0.25, 0.3) is 11.7 Å². The first-order valence-corrected chi connectivity index (χ1v) is 12.0. The SMILES string of the molecule is COc1ccc(N2C(=O)C(=O)/C(=C(/O)c3cccc(OCC(C)C)c3)C2c2ccccc2C)cc1Cl. The van der Waals surface area contributed by atoms with E-state index in [1.54, 1.807) is 42.5 Å². The van der Waals surface area contributed by atoms with Gasteiger partial charge in [-0.05, 0) is 54.3 Å². The number of amides is 1. The fourth-order valence-corrected chi connectivity index (χ4v) is 4.50. The number of aliphatic hydroxyl groups is 1. The van der Waals surface area contributed by atoms with Crippen molar-refractivity contribution in [1.82, 2.24) is 0 Å². The third-order valence-corrected chi connectivity index (χ3v) is 6.33. The minimum absolute atomic E-state index is 0.00208. The molecule has 186 valence electrons. The molecule has 4 rings (SSSR count). The highest BCUT2D eigenvalue weighted by molar-refractivity contribution is 6.52. The van der Waals surface area contributed by atoms with Gasteiger partial charge in [-0.25, -0.2) is 0 Å². The molecule has 1 atom stereocenters. The number of Topliss-reactive ketones (excluding diaryl/α,β-unsaturated/α-hetero) is 1. The number of ketones is 1. The van der Waals surface area contributed by atoms with Crippen LogP contribution in [0.25, 0.3) is 5.76 Å². The van der Waals surface area contributed by atoms with Gasteiger partial charge in [-0.3, -0.25) is 14.5 Å². The summed E-state index contributed by atoms with van der Waals surface area (Å²) in [6.07, 6.45) is 0. The molecule has 0 aliphatic carbocycles. The predicted molar refractivity (Wildman–Crippen MR) is 141 cm³/mol. The number of aliphatic hydroxyl groups excluding tert-OH is 1. The molecule has 3 aromatic carbocycles. The maximum atomic E-state index is 13.4. The van der Waals surface area contributed by atoms with Crippen LogP contribution in [0, 0.1) is 12.8 Å². The molecule has 1 heterocycles. The van der Waals surface area contributed by atoms with Gasteiger partial charge < -0.3 is 14.6 Å². The zero-order chi connectivity index (χ0) is 26.0. The van der Waals surface area contributed by atoms with Crippen molar-refractivity contribution < 1.29 is 24.2 Å². The van der Waals surface area contributed by atoms with Crippen LogP contribution < -0.4 is 14.4 Å². The fraction of sp³-hybridized carbons (Fsp3) is 0.241. The lowest BCUT2D eigenvalue weighted by Gasteiger charge is -2.27. The average Bonchev–Trinajstić information content (AvgIpc) is 3.12. The highest BCUT2D eigenvalue weighted by atomic mass is 35.5. The molecule has 0 spiro atoms. The molecule has 1 unspecified atom stereocenters. The summed E-state index contributed by atoms with van der Waals surface area (Å²) in [4.78, 5) is 28.2. The second-order valence-corrected chi connectivity index (χ2v) is 9.48. The Balaban J connectivity index is 1.89. The van der Waals surface area contributed by atoms with Crippen molar-refractivity contribution in [3.63, 3.8) is 0 Å². The van der Waals surface area contributed by atoms with Crippen molar-refractivity contribution in [3.8, 4) is 11.5 Å². The highest BCUT2D eigenvalue weighted by Gasteiger charge is 2.47. The van der Waals surface area contributed by atoms with E-state index in [1.807, 2.05) is 45.0 Å². The molecule has 36 heavy (non-hydrogen) atoms. The number of hydrogen-bond donors (Lipinski definition) is 1. The third kappa shape index (κ3) is 4.82. The van der Waals surface area contributed by atoms with Crippen LogP contribution in [-0.4, -0.2) is 30.5 Å². The fourth-order valence-electron chi connectivity index (χ4n) is 4.24. The lowest BCUT2D eigenvalue weighted by molar-refractivity contribution is -0.132. The van der Waals surface area contributed by atoms with Crippen LogP contribution in [0.1, 0.15) is 36.6 Å². The van der Waals surface area contributed by atoms with Crippen LogP contribution in [0.4, 0.5) is 5.69 Å². The summed E-state index contributed by atoms with van der Waals surface area (Å²) in [5.41, 5.74) is 2.40. The van der Waals surface area contributed by atoms with Crippen molar-refractivity contribution >= 4 is 34.7 Å². The van der Waals surface area contributed by atoms with E-state index in [0.29, 0.717) is 40.3 Å².